The van der Waals surface area contributed by atoms with Crippen LogP contribution in [0, 0.1) is 5.92 Å². The molecule has 1 atom stereocenters. The average Bonchev–Trinajstić information content (AvgIpc) is 3.37. The van der Waals surface area contributed by atoms with E-state index in [0.29, 0.717) is 6.04 Å². The SMILES string of the molecule is C=C/C(=C\C=C(/C)CC1CC1)Cc1nc2c3c(ccc2[nH]1)N(C)C(C)CC3. The summed E-state index contributed by atoms with van der Waals surface area (Å²) in [6.07, 6.45) is 13.6. The molecule has 3 nitrogen and oxygen atoms in total. The number of aromatic nitrogens is 2. The maximum atomic E-state index is 4.97. The van der Waals surface area contributed by atoms with Gasteiger partial charge in [-0.2, -0.15) is 0 Å². The monoisotopic (exact) mass is 361 g/mol. The molecule has 0 amide bonds. The van der Waals surface area contributed by atoms with Crippen LogP contribution < -0.4 is 4.90 Å². The average molecular weight is 362 g/mol. The Morgan fingerprint density at radius 1 is 1.30 bits per heavy atom. The second-order valence-corrected chi connectivity index (χ2v) is 8.42. The Kier molecular flexibility index (Phi) is 4.94. The number of rotatable bonds is 6. The Labute approximate surface area is 162 Å². The van der Waals surface area contributed by atoms with Crippen molar-refractivity contribution in [3.05, 3.63) is 59.5 Å². The first kappa shape index (κ1) is 18.1. The Morgan fingerprint density at radius 2 is 2.11 bits per heavy atom. The first-order chi connectivity index (χ1) is 13.0. The fraction of sp³-hybridized carbons (Fsp3) is 0.458. The molecule has 1 N–H and O–H groups in total. The predicted molar refractivity (Wildman–Crippen MR) is 115 cm³/mol. The van der Waals surface area contributed by atoms with E-state index < -0.39 is 0 Å². The van der Waals surface area contributed by atoms with E-state index in [4.69, 9.17) is 4.98 Å². The Bertz CT molecular complexity index is 911. The molecule has 0 saturated heterocycles. The van der Waals surface area contributed by atoms with Gasteiger partial charge in [0.15, 0.2) is 0 Å². The Balaban J connectivity index is 1.57. The molecule has 1 fully saturated rings. The molecular formula is C24H31N3. The van der Waals surface area contributed by atoms with E-state index >= 15 is 0 Å². The van der Waals surface area contributed by atoms with Crippen LogP contribution in [0.5, 0.6) is 0 Å². The zero-order valence-electron chi connectivity index (χ0n) is 16.9. The van der Waals surface area contributed by atoms with Gasteiger partial charge in [-0.1, -0.05) is 30.4 Å². The molecule has 1 aromatic carbocycles. The van der Waals surface area contributed by atoms with E-state index in [1.165, 1.54) is 48.1 Å². The standard InChI is InChI=1S/C24H31N3/c1-5-18(8-6-16(2)14-19-9-10-19)15-23-25-21-12-13-22-20(24(21)26-23)11-7-17(3)27(22)4/h5-6,8,12-13,17,19H,1,7,9-11,14-15H2,2-4H3,(H,25,26)/b16-6+,18-8+. The zero-order chi connectivity index (χ0) is 19.0. The van der Waals surface area contributed by atoms with Crippen molar-refractivity contribution in [3.63, 3.8) is 0 Å². The lowest BCUT2D eigenvalue weighted by Gasteiger charge is -2.33. The number of aromatic amines is 1. The Morgan fingerprint density at radius 3 is 2.85 bits per heavy atom. The molecule has 0 bridgehead atoms. The van der Waals surface area contributed by atoms with Crippen LogP contribution in [0.25, 0.3) is 11.0 Å². The molecule has 27 heavy (non-hydrogen) atoms. The number of nitrogens with one attached hydrogen (secondary N) is 1. The minimum Gasteiger partial charge on any atom is -0.372 e. The minimum absolute atomic E-state index is 0.592. The lowest BCUT2D eigenvalue weighted by Crippen LogP contribution is -2.33. The van der Waals surface area contributed by atoms with Crippen LogP contribution in [0.1, 0.15) is 50.9 Å². The fourth-order valence-electron chi connectivity index (χ4n) is 4.10. The molecule has 1 saturated carbocycles. The van der Waals surface area contributed by atoms with Gasteiger partial charge in [0.2, 0.25) is 0 Å². The number of hydrogen-bond donors (Lipinski definition) is 1. The van der Waals surface area contributed by atoms with Crippen molar-refractivity contribution in [2.75, 3.05) is 11.9 Å². The van der Waals surface area contributed by atoms with E-state index in [9.17, 15) is 0 Å². The van der Waals surface area contributed by atoms with Crippen molar-refractivity contribution < 1.29 is 0 Å². The highest BCUT2D eigenvalue weighted by atomic mass is 15.1. The number of aryl methyl sites for hydroxylation is 1. The predicted octanol–water partition coefficient (Wildman–Crippen LogP) is 5.74. The van der Waals surface area contributed by atoms with Crippen molar-refractivity contribution in [1.29, 1.82) is 0 Å². The molecule has 3 heteroatoms. The number of hydrogen-bond acceptors (Lipinski definition) is 2. The quantitative estimate of drug-likeness (QED) is 0.666. The lowest BCUT2D eigenvalue weighted by atomic mass is 9.96. The molecule has 1 aliphatic heterocycles. The highest BCUT2D eigenvalue weighted by Crippen LogP contribution is 2.35. The lowest BCUT2D eigenvalue weighted by molar-refractivity contribution is 0.600. The van der Waals surface area contributed by atoms with Gasteiger partial charge in [-0.05, 0) is 69.6 Å². The van der Waals surface area contributed by atoms with Gasteiger partial charge in [-0.3, -0.25) is 0 Å². The zero-order valence-corrected chi connectivity index (χ0v) is 16.9. The van der Waals surface area contributed by atoms with Crippen LogP contribution in [0.2, 0.25) is 0 Å². The fourth-order valence-corrected chi connectivity index (χ4v) is 4.10. The van der Waals surface area contributed by atoms with Gasteiger partial charge in [0, 0.05) is 30.8 Å². The first-order valence-corrected chi connectivity index (χ1v) is 10.3. The van der Waals surface area contributed by atoms with Crippen LogP contribution >= 0.6 is 0 Å². The summed E-state index contributed by atoms with van der Waals surface area (Å²) < 4.78 is 0. The summed E-state index contributed by atoms with van der Waals surface area (Å²) in [7, 11) is 2.19. The van der Waals surface area contributed by atoms with Gasteiger partial charge < -0.3 is 9.88 Å². The van der Waals surface area contributed by atoms with Crippen LogP contribution in [-0.2, 0) is 12.8 Å². The normalized spacial score (nSPS) is 20.9. The van der Waals surface area contributed by atoms with E-state index in [2.05, 4.69) is 61.6 Å². The molecule has 2 heterocycles. The number of H-pyrrole nitrogens is 1. The van der Waals surface area contributed by atoms with E-state index in [0.717, 1.165) is 35.6 Å². The van der Waals surface area contributed by atoms with Gasteiger partial charge in [-0.25, -0.2) is 4.98 Å². The summed E-state index contributed by atoms with van der Waals surface area (Å²) in [5, 5.41) is 0. The summed E-state index contributed by atoms with van der Waals surface area (Å²) >= 11 is 0. The van der Waals surface area contributed by atoms with E-state index in [-0.39, 0.29) is 0 Å². The molecule has 2 aliphatic rings. The summed E-state index contributed by atoms with van der Waals surface area (Å²) in [4.78, 5) is 10.9. The first-order valence-electron chi connectivity index (χ1n) is 10.3. The molecule has 1 aromatic heterocycles. The summed E-state index contributed by atoms with van der Waals surface area (Å²) in [6, 6.07) is 5.01. The number of allylic oxidation sites excluding steroid dienone is 5. The van der Waals surface area contributed by atoms with Crippen molar-refractivity contribution >= 4 is 16.7 Å². The number of nitrogens with zero attached hydrogens (tertiary/aromatic N) is 2. The highest BCUT2D eigenvalue weighted by Gasteiger charge is 2.23. The van der Waals surface area contributed by atoms with E-state index in [1.54, 1.807) is 0 Å². The third kappa shape index (κ3) is 3.87. The topological polar surface area (TPSA) is 31.9 Å². The second kappa shape index (κ2) is 7.38. The second-order valence-electron chi connectivity index (χ2n) is 8.42. The molecule has 2 aromatic rings. The molecular weight excluding hydrogens is 330 g/mol. The van der Waals surface area contributed by atoms with Crippen molar-refractivity contribution in [1.82, 2.24) is 9.97 Å². The van der Waals surface area contributed by atoms with Crippen LogP contribution in [-0.4, -0.2) is 23.1 Å². The number of imidazole rings is 1. The van der Waals surface area contributed by atoms with Gasteiger partial charge in [0.25, 0.3) is 0 Å². The molecule has 142 valence electrons. The highest BCUT2D eigenvalue weighted by molar-refractivity contribution is 5.85. The van der Waals surface area contributed by atoms with Crippen LogP contribution in [0.3, 0.4) is 0 Å². The maximum absolute atomic E-state index is 4.97. The smallest absolute Gasteiger partial charge is 0.111 e. The largest absolute Gasteiger partial charge is 0.372 e. The van der Waals surface area contributed by atoms with Crippen molar-refractivity contribution in [2.24, 2.45) is 5.92 Å². The molecule has 4 rings (SSSR count). The molecule has 0 radical (unpaired) electrons. The van der Waals surface area contributed by atoms with Gasteiger partial charge in [0.05, 0.1) is 11.0 Å². The van der Waals surface area contributed by atoms with Crippen LogP contribution in [0.15, 0.2) is 48.1 Å². The summed E-state index contributed by atoms with van der Waals surface area (Å²) in [5.41, 5.74) is 7.69. The summed E-state index contributed by atoms with van der Waals surface area (Å²) in [6.45, 7) is 8.54. The van der Waals surface area contributed by atoms with Gasteiger partial charge in [0.1, 0.15) is 5.82 Å². The number of fused-ring (bicyclic) bond motifs is 3. The summed E-state index contributed by atoms with van der Waals surface area (Å²) in [5.74, 6) is 1.96. The van der Waals surface area contributed by atoms with Crippen LogP contribution in [0.4, 0.5) is 5.69 Å². The van der Waals surface area contributed by atoms with E-state index in [1.807, 2.05) is 6.08 Å². The number of benzene rings is 1. The maximum Gasteiger partial charge on any atom is 0.111 e. The van der Waals surface area contributed by atoms with Gasteiger partial charge in [-0.15, -0.1) is 0 Å². The molecule has 1 unspecified atom stereocenters. The van der Waals surface area contributed by atoms with Crippen molar-refractivity contribution in [2.45, 2.75) is 58.4 Å². The molecule has 1 aliphatic carbocycles. The van der Waals surface area contributed by atoms with Gasteiger partial charge >= 0.3 is 0 Å². The Hall–Kier alpha value is -2.29. The minimum atomic E-state index is 0.592. The third-order valence-corrected chi connectivity index (χ3v) is 6.16. The third-order valence-electron chi connectivity index (χ3n) is 6.16. The number of anilines is 1. The van der Waals surface area contributed by atoms with Crippen molar-refractivity contribution in [3.8, 4) is 0 Å². The molecule has 0 spiro atoms.